The van der Waals surface area contributed by atoms with Gasteiger partial charge >= 0.3 is 0 Å². The number of benzene rings is 2. The number of rotatable bonds is 3. The molecule has 20 heavy (non-hydrogen) atoms. The van der Waals surface area contributed by atoms with Crippen molar-refractivity contribution in [2.24, 2.45) is 5.92 Å². The molecule has 0 amide bonds. The highest BCUT2D eigenvalue weighted by Crippen LogP contribution is 2.37. The second kappa shape index (κ2) is 6.41. The van der Waals surface area contributed by atoms with E-state index in [0.717, 1.165) is 18.4 Å². The van der Waals surface area contributed by atoms with Crippen LogP contribution in [0.3, 0.4) is 0 Å². The minimum Gasteiger partial charge on any atom is -0.319 e. The van der Waals surface area contributed by atoms with Gasteiger partial charge < -0.3 is 5.32 Å². The lowest BCUT2D eigenvalue weighted by Gasteiger charge is -2.25. The van der Waals surface area contributed by atoms with E-state index in [4.69, 9.17) is 0 Å². The average Bonchev–Trinajstić information content (AvgIpc) is 2.73. The van der Waals surface area contributed by atoms with E-state index in [1.165, 1.54) is 42.9 Å². The molecule has 1 nitrogen and oxygen atoms in total. The highest BCUT2D eigenvalue weighted by molar-refractivity contribution is 5.83. The predicted octanol–water partition coefficient (Wildman–Crippen LogP) is 4.72. The number of hydrogen-bond donors (Lipinski definition) is 1. The van der Waals surface area contributed by atoms with Gasteiger partial charge in [-0.05, 0) is 54.6 Å². The minimum atomic E-state index is 0.731. The Morgan fingerprint density at radius 2 is 1.75 bits per heavy atom. The van der Waals surface area contributed by atoms with Crippen molar-refractivity contribution >= 4 is 10.8 Å². The highest BCUT2D eigenvalue weighted by Gasteiger charge is 2.24. The predicted molar refractivity (Wildman–Crippen MR) is 87.2 cm³/mol. The van der Waals surface area contributed by atoms with Gasteiger partial charge in [0, 0.05) is 0 Å². The van der Waals surface area contributed by atoms with Crippen molar-refractivity contribution in [1.29, 1.82) is 0 Å². The van der Waals surface area contributed by atoms with Crippen LogP contribution >= 0.6 is 0 Å². The third-order valence-corrected chi connectivity index (χ3v) is 4.83. The Balaban J connectivity index is 1.93. The molecule has 1 fully saturated rings. The summed E-state index contributed by atoms with van der Waals surface area (Å²) in [5.41, 5.74) is 1.55. The van der Waals surface area contributed by atoms with Crippen LogP contribution in [0.4, 0.5) is 0 Å². The Morgan fingerprint density at radius 1 is 0.950 bits per heavy atom. The van der Waals surface area contributed by atoms with Crippen LogP contribution in [0, 0.1) is 5.92 Å². The van der Waals surface area contributed by atoms with Crippen molar-refractivity contribution in [3.05, 3.63) is 48.0 Å². The summed E-state index contributed by atoms with van der Waals surface area (Å²) in [6.07, 6.45) is 6.92. The van der Waals surface area contributed by atoms with Crippen LogP contribution in [0.1, 0.15) is 43.6 Å². The summed E-state index contributed by atoms with van der Waals surface area (Å²) in [7, 11) is 2.09. The lowest BCUT2D eigenvalue weighted by atomic mass is 9.82. The quantitative estimate of drug-likeness (QED) is 0.793. The summed E-state index contributed by atoms with van der Waals surface area (Å²) >= 11 is 0. The van der Waals surface area contributed by atoms with Crippen molar-refractivity contribution in [3.8, 4) is 0 Å². The highest BCUT2D eigenvalue weighted by atomic mass is 14.8. The van der Waals surface area contributed by atoms with Crippen LogP contribution in [0.2, 0.25) is 0 Å². The zero-order valence-electron chi connectivity index (χ0n) is 12.4. The van der Waals surface area contributed by atoms with Crippen LogP contribution in [-0.4, -0.2) is 13.6 Å². The molecule has 0 bridgehead atoms. The molecule has 0 aromatic heterocycles. The summed E-state index contributed by atoms with van der Waals surface area (Å²) in [6.45, 7) is 1.15. The first-order valence-corrected chi connectivity index (χ1v) is 8.02. The maximum absolute atomic E-state index is 3.40. The first-order valence-electron chi connectivity index (χ1n) is 8.02. The summed E-state index contributed by atoms with van der Waals surface area (Å²) < 4.78 is 0. The Labute approximate surface area is 122 Å². The normalized spacial score (nSPS) is 23.6. The van der Waals surface area contributed by atoms with E-state index in [1.807, 2.05) is 0 Å². The summed E-state index contributed by atoms with van der Waals surface area (Å²) in [5.74, 6) is 1.53. The van der Waals surface area contributed by atoms with Gasteiger partial charge in [0.1, 0.15) is 0 Å². The van der Waals surface area contributed by atoms with Crippen LogP contribution < -0.4 is 5.32 Å². The largest absolute Gasteiger partial charge is 0.319 e. The molecule has 1 aliphatic rings. The van der Waals surface area contributed by atoms with Gasteiger partial charge in [0.2, 0.25) is 0 Å². The van der Waals surface area contributed by atoms with Gasteiger partial charge in [-0.15, -0.1) is 0 Å². The van der Waals surface area contributed by atoms with Gasteiger partial charge in [-0.2, -0.15) is 0 Å². The van der Waals surface area contributed by atoms with Crippen LogP contribution in [-0.2, 0) is 0 Å². The molecular weight excluding hydrogens is 242 g/mol. The molecule has 0 aliphatic heterocycles. The Morgan fingerprint density at radius 3 is 2.60 bits per heavy atom. The van der Waals surface area contributed by atoms with E-state index < -0.39 is 0 Å². The molecule has 1 N–H and O–H groups in total. The monoisotopic (exact) mass is 267 g/mol. The SMILES string of the molecule is CNCC1CCCCCC1c1ccc2ccccc2c1. The molecule has 1 saturated carbocycles. The molecule has 2 aromatic carbocycles. The molecule has 106 valence electrons. The average molecular weight is 267 g/mol. The molecule has 0 spiro atoms. The number of hydrogen-bond acceptors (Lipinski definition) is 1. The van der Waals surface area contributed by atoms with Crippen LogP contribution in [0.5, 0.6) is 0 Å². The first-order chi connectivity index (χ1) is 9.88. The summed E-state index contributed by atoms with van der Waals surface area (Å²) in [4.78, 5) is 0. The molecule has 2 unspecified atom stereocenters. The molecule has 3 rings (SSSR count). The second-order valence-electron chi connectivity index (χ2n) is 6.17. The van der Waals surface area contributed by atoms with E-state index in [1.54, 1.807) is 5.56 Å². The first kappa shape index (κ1) is 13.6. The molecule has 0 radical (unpaired) electrons. The fraction of sp³-hybridized carbons (Fsp3) is 0.474. The lowest BCUT2D eigenvalue weighted by molar-refractivity contribution is 0.386. The molecule has 2 aromatic rings. The van der Waals surface area contributed by atoms with Crippen molar-refractivity contribution in [2.75, 3.05) is 13.6 Å². The summed E-state index contributed by atoms with van der Waals surface area (Å²) in [6, 6.07) is 15.8. The third kappa shape index (κ3) is 2.88. The van der Waals surface area contributed by atoms with Gasteiger partial charge in [0.05, 0.1) is 0 Å². The van der Waals surface area contributed by atoms with Crippen molar-refractivity contribution in [3.63, 3.8) is 0 Å². The van der Waals surface area contributed by atoms with Gasteiger partial charge in [-0.1, -0.05) is 61.7 Å². The molecule has 0 heterocycles. The second-order valence-corrected chi connectivity index (χ2v) is 6.17. The fourth-order valence-electron chi connectivity index (χ4n) is 3.77. The maximum atomic E-state index is 3.40. The van der Waals surface area contributed by atoms with Gasteiger partial charge in [-0.3, -0.25) is 0 Å². The van der Waals surface area contributed by atoms with Crippen molar-refractivity contribution in [2.45, 2.75) is 38.0 Å². The maximum Gasteiger partial charge on any atom is -0.00177 e. The van der Waals surface area contributed by atoms with E-state index >= 15 is 0 Å². The van der Waals surface area contributed by atoms with Crippen molar-refractivity contribution in [1.82, 2.24) is 5.32 Å². The molecule has 0 saturated heterocycles. The zero-order chi connectivity index (χ0) is 13.8. The molecule has 1 heteroatoms. The lowest BCUT2D eigenvalue weighted by Crippen LogP contribution is -2.24. The molecular formula is C19H25N. The van der Waals surface area contributed by atoms with Gasteiger partial charge in [-0.25, -0.2) is 0 Å². The smallest absolute Gasteiger partial charge is 0.00177 e. The zero-order valence-corrected chi connectivity index (χ0v) is 12.4. The fourth-order valence-corrected chi connectivity index (χ4v) is 3.77. The number of fused-ring (bicyclic) bond motifs is 1. The minimum absolute atomic E-state index is 0.731. The van der Waals surface area contributed by atoms with Crippen LogP contribution in [0.15, 0.2) is 42.5 Å². The Kier molecular flexibility index (Phi) is 4.37. The third-order valence-electron chi connectivity index (χ3n) is 4.83. The van der Waals surface area contributed by atoms with Gasteiger partial charge in [0.25, 0.3) is 0 Å². The van der Waals surface area contributed by atoms with E-state index in [0.29, 0.717) is 0 Å². The summed E-state index contributed by atoms with van der Waals surface area (Å²) in [5, 5.41) is 6.15. The molecule has 2 atom stereocenters. The van der Waals surface area contributed by atoms with E-state index in [9.17, 15) is 0 Å². The Bertz CT molecular complexity index is 560. The molecule has 1 aliphatic carbocycles. The van der Waals surface area contributed by atoms with E-state index in [2.05, 4.69) is 54.8 Å². The van der Waals surface area contributed by atoms with Crippen LogP contribution in [0.25, 0.3) is 10.8 Å². The topological polar surface area (TPSA) is 12.0 Å². The van der Waals surface area contributed by atoms with Crippen molar-refractivity contribution < 1.29 is 0 Å². The standard InChI is InChI=1S/C19H25N/c1-20-14-18-9-3-2-4-10-19(18)17-12-11-15-7-5-6-8-16(15)13-17/h5-8,11-13,18-20H,2-4,9-10,14H2,1H3. The van der Waals surface area contributed by atoms with Gasteiger partial charge in [0.15, 0.2) is 0 Å². The van der Waals surface area contributed by atoms with E-state index in [-0.39, 0.29) is 0 Å². The number of nitrogens with one attached hydrogen (secondary N) is 1. The Hall–Kier alpha value is -1.34.